The first-order valence-corrected chi connectivity index (χ1v) is 7.12. The number of aryl methyl sites for hydroxylation is 1. The highest BCUT2D eigenvalue weighted by Crippen LogP contribution is 2.19. The van der Waals surface area contributed by atoms with Gasteiger partial charge in [-0.3, -0.25) is 11.3 Å². The van der Waals surface area contributed by atoms with Gasteiger partial charge in [0.25, 0.3) is 0 Å². The fraction of sp³-hybridized carbons (Fsp3) is 0.385. The Hall–Kier alpha value is -1.24. The summed E-state index contributed by atoms with van der Waals surface area (Å²) in [6, 6.07) is 8.23. The topological polar surface area (TPSA) is 68.8 Å². The molecule has 2 aromatic rings. The van der Waals surface area contributed by atoms with Gasteiger partial charge < -0.3 is 0 Å². The van der Waals surface area contributed by atoms with Gasteiger partial charge in [0, 0.05) is 11.0 Å². The lowest BCUT2D eigenvalue weighted by Gasteiger charge is -2.17. The molecule has 0 amide bonds. The summed E-state index contributed by atoms with van der Waals surface area (Å²) in [5.41, 5.74) is 5.08. The molecular weight excluding hydrogens is 306 g/mol. The summed E-state index contributed by atoms with van der Waals surface area (Å²) in [6.45, 7) is 2.97. The number of hydrazine groups is 1. The van der Waals surface area contributed by atoms with Crippen molar-refractivity contribution in [2.75, 3.05) is 0 Å². The zero-order chi connectivity index (χ0) is 13.7. The molecule has 0 aliphatic carbocycles. The Labute approximate surface area is 121 Å². The van der Waals surface area contributed by atoms with Crippen molar-refractivity contribution in [3.8, 4) is 0 Å². The summed E-state index contributed by atoms with van der Waals surface area (Å²) >= 11 is 3.48. The summed E-state index contributed by atoms with van der Waals surface area (Å²) < 4.78 is 2.98. The number of nitrogens with one attached hydrogen (secondary N) is 1. The number of aromatic nitrogens is 3. The number of benzene rings is 1. The van der Waals surface area contributed by atoms with Crippen LogP contribution in [0.15, 0.2) is 34.9 Å². The summed E-state index contributed by atoms with van der Waals surface area (Å²) in [5.74, 6) is 5.68. The minimum absolute atomic E-state index is 0.0100. The molecule has 1 heterocycles. The average Bonchev–Trinajstić information content (AvgIpc) is 2.85. The smallest absolute Gasteiger partial charge is 0.0773 e. The second kappa shape index (κ2) is 6.79. The molecule has 0 aliphatic heterocycles. The van der Waals surface area contributed by atoms with Crippen molar-refractivity contribution < 1.29 is 0 Å². The van der Waals surface area contributed by atoms with Crippen molar-refractivity contribution >= 4 is 15.9 Å². The Bertz CT molecular complexity index is 525. The second-order valence-electron chi connectivity index (χ2n) is 4.44. The minimum Gasteiger partial charge on any atom is -0.271 e. The van der Waals surface area contributed by atoms with Crippen LogP contribution in [0.1, 0.15) is 30.6 Å². The summed E-state index contributed by atoms with van der Waals surface area (Å²) in [6.07, 6.45) is 3.59. The van der Waals surface area contributed by atoms with Crippen LogP contribution in [-0.4, -0.2) is 15.0 Å². The molecule has 19 heavy (non-hydrogen) atoms. The molecule has 1 aromatic carbocycles. The molecule has 102 valence electrons. The van der Waals surface area contributed by atoms with Gasteiger partial charge in [-0.15, -0.1) is 5.10 Å². The van der Waals surface area contributed by atoms with Gasteiger partial charge in [-0.2, -0.15) is 0 Å². The monoisotopic (exact) mass is 323 g/mol. The number of nitrogens with zero attached hydrogens (tertiary/aromatic N) is 3. The van der Waals surface area contributed by atoms with Crippen molar-refractivity contribution in [3.05, 3.63) is 46.2 Å². The summed E-state index contributed by atoms with van der Waals surface area (Å²) in [4.78, 5) is 0. The predicted octanol–water partition coefficient (Wildman–Crippen LogP) is 2.20. The third-order valence-corrected chi connectivity index (χ3v) is 3.46. The first-order chi connectivity index (χ1) is 9.24. The van der Waals surface area contributed by atoms with E-state index >= 15 is 0 Å². The molecule has 1 atom stereocenters. The highest BCUT2D eigenvalue weighted by atomic mass is 79.9. The Balaban J connectivity index is 2.18. The standard InChI is InChI=1S/C13H18BrN5/c1-2-6-19-13(9-16-18-19)12(17-15)8-10-4-3-5-11(14)7-10/h3-5,7,9,12,17H,2,6,8,15H2,1H3. The molecule has 0 saturated carbocycles. The predicted molar refractivity (Wildman–Crippen MR) is 78.2 cm³/mol. The van der Waals surface area contributed by atoms with E-state index in [4.69, 9.17) is 5.84 Å². The van der Waals surface area contributed by atoms with Crippen LogP contribution in [0, 0.1) is 0 Å². The van der Waals surface area contributed by atoms with Gasteiger partial charge in [0.1, 0.15) is 0 Å². The Kier molecular flexibility index (Phi) is 5.07. The number of hydrogen-bond donors (Lipinski definition) is 2. The van der Waals surface area contributed by atoms with E-state index < -0.39 is 0 Å². The van der Waals surface area contributed by atoms with Gasteiger partial charge >= 0.3 is 0 Å². The third-order valence-electron chi connectivity index (χ3n) is 2.97. The molecule has 0 fully saturated rings. The van der Waals surface area contributed by atoms with E-state index in [-0.39, 0.29) is 6.04 Å². The average molecular weight is 324 g/mol. The SMILES string of the molecule is CCCn1nncc1C(Cc1cccc(Br)c1)NN. The first-order valence-electron chi connectivity index (χ1n) is 6.33. The van der Waals surface area contributed by atoms with E-state index in [1.54, 1.807) is 6.20 Å². The van der Waals surface area contributed by atoms with Crippen molar-refractivity contribution in [1.82, 2.24) is 20.4 Å². The molecule has 0 aliphatic rings. The highest BCUT2D eigenvalue weighted by Gasteiger charge is 2.16. The molecule has 1 aromatic heterocycles. The van der Waals surface area contributed by atoms with Crippen LogP contribution in [0.4, 0.5) is 0 Å². The van der Waals surface area contributed by atoms with Crippen LogP contribution in [0.3, 0.4) is 0 Å². The van der Waals surface area contributed by atoms with Crippen LogP contribution < -0.4 is 11.3 Å². The van der Waals surface area contributed by atoms with Crippen molar-refractivity contribution in [2.24, 2.45) is 5.84 Å². The first kappa shape index (κ1) is 14.2. The maximum atomic E-state index is 5.68. The quantitative estimate of drug-likeness (QED) is 0.631. The van der Waals surface area contributed by atoms with Gasteiger partial charge in [-0.05, 0) is 30.5 Å². The molecular formula is C13H18BrN5. The maximum absolute atomic E-state index is 5.68. The fourth-order valence-electron chi connectivity index (χ4n) is 2.07. The lowest BCUT2D eigenvalue weighted by Crippen LogP contribution is -2.31. The van der Waals surface area contributed by atoms with Crippen LogP contribution >= 0.6 is 15.9 Å². The zero-order valence-electron chi connectivity index (χ0n) is 10.9. The second-order valence-corrected chi connectivity index (χ2v) is 5.35. The van der Waals surface area contributed by atoms with Crippen molar-refractivity contribution in [1.29, 1.82) is 0 Å². The van der Waals surface area contributed by atoms with Gasteiger partial charge in [-0.1, -0.05) is 40.2 Å². The van der Waals surface area contributed by atoms with Crippen molar-refractivity contribution in [3.63, 3.8) is 0 Å². The van der Waals surface area contributed by atoms with Crippen LogP contribution in [0.2, 0.25) is 0 Å². The lowest BCUT2D eigenvalue weighted by atomic mass is 10.0. The molecule has 1 unspecified atom stereocenters. The summed E-state index contributed by atoms with van der Waals surface area (Å²) in [5, 5.41) is 8.07. The van der Waals surface area contributed by atoms with Gasteiger partial charge in [0.2, 0.25) is 0 Å². The summed E-state index contributed by atoms with van der Waals surface area (Å²) in [7, 11) is 0. The Morgan fingerprint density at radius 2 is 2.32 bits per heavy atom. The Morgan fingerprint density at radius 3 is 3.00 bits per heavy atom. The van der Waals surface area contributed by atoms with E-state index in [9.17, 15) is 0 Å². The zero-order valence-corrected chi connectivity index (χ0v) is 12.5. The largest absolute Gasteiger partial charge is 0.271 e. The normalized spacial score (nSPS) is 12.6. The highest BCUT2D eigenvalue weighted by molar-refractivity contribution is 9.10. The number of hydrogen-bond acceptors (Lipinski definition) is 4. The van der Waals surface area contributed by atoms with Gasteiger partial charge in [0.15, 0.2) is 0 Å². The maximum Gasteiger partial charge on any atom is 0.0773 e. The van der Waals surface area contributed by atoms with E-state index in [0.29, 0.717) is 0 Å². The molecule has 0 radical (unpaired) electrons. The minimum atomic E-state index is 0.0100. The Morgan fingerprint density at radius 1 is 1.47 bits per heavy atom. The number of rotatable bonds is 6. The van der Waals surface area contributed by atoms with Gasteiger partial charge in [-0.25, -0.2) is 4.68 Å². The van der Waals surface area contributed by atoms with Crippen LogP contribution in [-0.2, 0) is 13.0 Å². The molecule has 2 rings (SSSR count). The van der Waals surface area contributed by atoms with Crippen LogP contribution in [0.5, 0.6) is 0 Å². The third kappa shape index (κ3) is 3.62. The molecule has 3 N–H and O–H groups in total. The molecule has 6 heteroatoms. The van der Waals surface area contributed by atoms with E-state index in [1.807, 2.05) is 16.8 Å². The van der Waals surface area contributed by atoms with E-state index in [0.717, 1.165) is 29.6 Å². The molecule has 0 spiro atoms. The lowest BCUT2D eigenvalue weighted by molar-refractivity contribution is 0.474. The fourth-order valence-corrected chi connectivity index (χ4v) is 2.52. The number of halogens is 1. The van der Waals surface area contributed by atoms with Gasteiger partial charge in [0.05, 0.1) is 17.9 Å². The van der Waals surface area contributed by atoms with E-state index in [2.05, 4.69) is 50.7 Å². The molecule has 0 bridgehead atoms. The van der Waals surface area contributed by atoms with Crippen LogP contribution in [0.25, 0.3) is 0 Å². The molecule has 5 nitrogen and oxygen atoms in total. The number of nitrogens with two attached hydrogens (primary N) is 1. The molecule has 0 saturated heterocycles. The van der Waals surface area contributed by atoms with Crippen molar-refractivity contribution in [2.45, 2.75) is 32.4 Å². The van der Waals surface area contributed by atoms with E-state index in [1.165, 1.54) is 5.56 Å².